The highest BCUT2D eigenvalue weighted by Crippen LogP contribution is 2.58. The Labute approximate surface area is 125 Å². The molecule has 1 saturated carbocycles. The van der Waals surface area contributed by atoms with E-state index in [1.165, 1.54) is 30.4 Å². The molecule has 108 valence electrons. The van der Waals surface area contributed by atoms with E-state index in [0.29, 0.717) is 28.8 Å². The van der Waals surface area contributed by atoms with Crippen molar-refractivity contribution in [3.8, 4) is 5.75 Å². The Hall–Kier alpha value is -0.990. The van der Waals surface area contributed by atoms with Gasteiger partial charge in [0.25, 0.3) is 0 Å². The van der Waals surface area contributed by atoms with Crippen LogP contribution in [-0.4, -0.2) is 11.7 Å². The van der Waals surface area contributed by atoms with Crippen molar-refractivity contribution in [1.29, 1.82) is 0 Å². The molecule has 3 rings (SSSR count). The molecule has 3 atom stereocenters. The minimum absolute atomic E-state index is 0.228. The molecule has 1 aromatic carbocycles. The van der Waals surface area contributed by atoms with E-state index in [1.54, 1.807) is 6.07 Å². The normalized spacial score (nSPS) is 32.8. The van der Waals surface area contributed by atoms with Crippen LogP contribution in [0.1, 0.15) is 38.7 Å². The predicted octanol–water partition coefficient (Wildman–Crippen LogP) is 4.21. The molecule has 0 amide bonds. The number of allylic oxidation sites excluding steroid dienone is 1. The van der Waals surface area contributed by atoms with Crippen molar-refractivity contribution < 1.29 is 5.11 Å². The second-order valence-corrected chi connectivity index (χ2v) is 7.08. The van der Waals surface area contributed by atoms with Crippen LogP contribution in [0.2, 0.25) is 5.02 Å². The number of rotatable bonds is 2. The van der Waals surface area contributed by atoms with Crippen LogP contribution in [0, 0.1) is 17.3 Å². The van der Waals surface area contributed by atoms with Crippen LogP contribution in [0.3, 0.4) is 0 Å². The van der Waals surface area contributed by atoms with Gasteiger partial charge in [-0.05, 0) is 79.3 Å². The van der Waals surface area contributed by atoms with E-state index in [-0.39, 0.29) is 5.75 Å². The third kappa shape index (κ3) is 2.06. The fourth-order valence-corrected chi connectivity index (χ4v) is 4.51. The van der Waals surface area contributed by atoms with Crippen molar-refractivity contribution in [2.45, 2.75) is 33.1 Å². The molecule has 2 bridgehead atoms. The Morgan fingerprint density at radius 2 is 2.15 bits per heavy atom. The Bertz CT molecular complexity index is 560. The quantitative estimate of drug-likeness (QED) is 0.857. The zero-order valence-corrected chi connectivity index (χ0v) is 12.9. The summed E-state index contributed by atoms with van der Waals surface area (Å²) < 4.78 is 0. The van der Waals surface area contributed by atoms with E-state index in [0.717, 1.165) is 5.56 Å². The maximum Gasteiger partial charge on any atom is 0.117 e. The summed E-state index contributed by atoms with van der Waals surface area (Å²) in [6.45, 7) is 5.26. The molecule has 2 aliphatic rings. The summed E-state index contributed by atoms with van der Waals surface area (Å²) >= 11 is 6.12. The topological polar surface area (TPSA) is 46.2 Å². The van der Waals surface area contributed by atoms with Gasteiger partial charge in [-0.15, -0.1) is 0 Å². The number of fused-ring (bicyclic) bond motifs is 2. The minimum atomic E-state index is 0.228. The van der Waals surface area contributed by atoms with Crippen LogP contribution in [0.15, 0.2) is 23.8 Å². The molecule has 1 fully saturated rings. The summed E-state index contributed by atoms with van der Waals surface area (Å²) in [6, 6.07) is 5.36. The summed E-state index contributed by atoms with van der Waals surface area (Å²) in [6.07, 6.45) is 3.75. The molecule has 20 heavy (non-hydrogen) atoms. The third-order valence-electron chi connectivity index (χ3n) is 5.48. The van der Waals surface area contributed by atoms with Gasteiger partial charge in [-0.1, -0.05) is 24.1 Å². The zero-order chi connectivity index (χ0) is 14.5. The largest absolute Gasteiger partial charge is 0.508 e. The lowest BCUT2D eigenvalue weighted by Gasteiger charge is -2.38. The smallest absolute Gasteiger partial charge is 0.117 e. The fourth-order valence-electron chi connectivity index (χ4n) is 4.28. The first kappa shape index (κ1) is 14.0. The number of benzene rings is 1. The lowest BCUT2D eigenvalue weighted by Crippen LogP contribution is -2.31. The van der Waals surface area contributed by atoms with Gasteiger partial charge in [0, 0.05) is 5.02 Å². The number of phenols is 1. The third-order valence-corrected chi connectivity index (χ3v) is 5.69. The van der Waals surface area contributed by atoms with Gasteiger partial charge >= 0.3 is 0 Å². The lowest BCUT2D eigenvalue weighted by molar-refractivity contribution is 0.327. The van der Waals surface area contributed by atoms with Gasteiger partial charge in [0.15, 0.2) is 0 Å². The zero-order valence-electron chi connectivity index (χ0n) is 12.1. The Kier molecular flexibility index (Phi) is 3.34. The van der Waals surface area contributed by atoms with Crippen LogP contribution in [0.4, 0.5) is 0 Å². The Balaban J connectivity index is 2.17. The van der Waals surface area contributed by atoms with E-state index >= 15 is 0 Å². The molecular formula is C17H22ClNO. The number of nitrogens with two attached hydrogens (primary N) is 1. The van der Waals surface area contributed by atoms with Crippen LogP contribution in [-0.2, 0) is 0 Å². The van der Waals surface area contributed by atoms with E-state index in [4.69, 9.17) is 17.3 Å². The molecule has 3 unspecified atom stereocenters. The number of halogens is 1. The SMILES string of the molecule is CC1=C(c2cc(O)cc(Cl)c2)C(CN)C2CCC1(C)C2. The first-order chi connectivity index (χ1) is 9.44. The summed E-state index contributed by atoms with van der Waals surface area (Å²) in [5.41, 5.74) is 10.2. The number of hydrogen-bond donors (Lipinski definition) is 2. The first-order valence-electron chi connectivity index (χ1n) is 7.36. The van der Waals surface area contributed by atoms with Crippen LogP contribution >= 0.6 is 11.6 Å². The molecule has 3 N–H and O–H groups in total. The molecule has 0 aliphatic heterocycles. The highest BCUT2D eigenvalue weighted by Gasteiger charge is 2.46. The van der Waals surface area contributed by atoms with Gasteiger partial charge in [-0.3, -0.25) is 0 Å². The van der Waals surface area contributed by atoms with Crippen molar-refractivity contribution in [3.05, 3.63) is 34.4 Å². The van der Waals surface area contributed by atoms with E-state index < -0.39 is 0 Å². The second kappa shape index (κ2) is 4.78. The summed E-state index contributed by atoms with van der Waals surface area (Å²) in [4.78, 5) is 0. The van der Waals surface area contributed by atoms with Crippen molar-refractivity contribution in [1.82, 2.24) is 0 Å². The molecule has 0 radical (unpaired) electrons. The molecule has 3 heteroatoms. The maximum atomic E-state index is 9.84. The van der Waals surface area contributed by atoms with Gasteiger partial charge in [-0.2, -0.15) is 0 Å². The van der Waals surface area contributed by atoms with Gasteiger partial charge in [0.2, 0.25) is 0 Å². The van der Waals surface area contributed by atoms with Crippen molar-refractivity contribution in [2.75, 3.05) is 6.54 Å². The molecule has 0 heterocycles. The van der Waals surface area contributed by atoms with E-state index in [2.05, 4.69) is 13.8 Å². The van der Waals surface area contributed by atoms with Crippen molar-refractivity contribution >= 4 is 17.2 Å². The van der Waals surface area contributed by atoms with Gasteiger partial charge in [0.05, 0.1) is 0 Å². The Morgan fingerprint density at radius 3 is 2.80 bits per heavy atom. The van der Waals surface area contributed by atoms with E-state index in [9.17, 15) is 5.11 Å². The minimum Gasteiger partial charge on any atom is -0.508 e. The van der Waals surface area contributed by atoms with Crippen LogP contribution < -0.4 is 5.73 Å². The number of phenolic OH excluding ortho intramolecular Hbond substituents is 1. The average Bonchev–Trinajstić information content (AvgIpc) is 2.73. The summed E-state index contributed by atoms with van der Waals surface area (Å²) in [7, 11) is 0. The van der Waals surface area contributed by atoms with Gasteiger partial charge in [-0.25, -0.2) is 0 Å². The second-order valence-electron chi connectivity index (χ2n) is 6.64. The van der Waals surface area contributed by atoms with Crippen LogP contribution in [0.5, 0.6) is 5.75 Å². The van der Waals surface area contributed by atoms with Crippen LogP contribution in [0.25, 0.3) is 5.57 Å². The molecule has 2 aliphatic carbocycles. The molecule has 1 aromatic rings. The van der Waals surface area contributed by atoms with Crippen molar-refractivity contribution in [2.24, 2.45) is 23.0 Å². The van der Waals surface area contributed by atoms with Gasteiger partial charge < -0.3 is 10.8 Å². The maximum absolute atomic E-state index is 9.84. The monoisotopic (exact) mass is 291 g/mol. The molecule has 0 spiro atoms. The average molecular weight is 292 g/mol. The number of hydrogen-bond acceptors (Lipinski definition) is 2. The Morgan fingerprint density at radius 1 is 1.40 bits per heavy atom. The number of aromatic hydroxyl groups is 1. The predicted molar refractivity (Wildman–Crippen MR) is 83.7 cm³/mol. The standard InChI is InChI=1S/C17H22ClNO/c1-10-16(12-5-13(18)7-14(20)6-12)15(9-19)11-3-4-17(10,2)8-11/h5-7,11,15,20H,3-4,8-9,19H2,1-2H3. The summed E-state index contributed by atoms with van der Waals surface area (Å²) in [5, 5.41) is 10.4. The molecule has 0 aromatic heterocycles. The highest BCUT2D eigenvalue weighted by molar-refractivity contribution is 6.30. The van der Waals surface area contributed by atoms with E-state index in [1.807, 2.05) is 12.1 Å². The first-order valence-corrected chi connectivity index (χ1v) is 7.73. The van der Waals surface area contributed by atoms with Gasteiger partial charge in [0.1, 0.15) is 5.75 Å². The molecule has 2 nitrogen and oxygen atoms in total. The van der Waals surface area contributed by atoms with Crippen molar-refractivity contribution in [3.63, 3.8) is 0 Å². The molecular weight excluding hydrogens is 270 g/mol. The lowest BCUT2D eigenvalue weighted by atomic mass is 9.67. The molecule has 0 saturated heterocycles. The summed E-state index contributed by atoms with van der Waals surface area (Å²) in [5.74, 6) is 1.29. The highest BCUT2D eigenvalue weighted by atomic mass is 35.5. The fraction of sp³-hybridized carbons (Fsp3) is 0.529.